The summed E-state index contributed by atoms with van der Waals surface area (Å²) >= 11 is 0. The fourth-order valence-corrected chi connectivity index (χ4v) is 5.42. The highest BCUT2D eigenvalue weighted by Gasteiger charge is 2.39. The van der Waals surface area contributed by atoms with Gasteiger partial charge in [0.1, 0.15) is 0 Å². The van der Waals surface area contributed by atoms with Gasteiger partial charge in [0.05, 0.1) is 17.0 Å². The number of rotatable bonds is 2. The number of benzene rings is 1. The zero-order chi connectivity index (χ0) is 15.1. The number of carbonyl (C=O) groups is 1. The summed E-state index contributed by atoms with van der Waals surface area (Å²) in [5, 5.41) is 2.92. The lowest BCUT2D eigenvalue weighted by Crippen LogP contribution is -2.46. The Hall–Kier alpha value is -1.36. The Labute approximate surface area is 125 Å². The van der Waals surface area contributed by atoms with Crippen molar-refractivity contribution in [3.05, 3.63) is 34.9 Å². The highest BCUT2D eigenvalue weighted by molar-refractivity contribution is 7.91. The highest BCUT2D eigenvalue weighted by atomic mass is 32.2. The molecule has 1 fully saturated rings. The van der Waals surface area contributed by atoms with E-state index in [9.17, 15) is 13.2 Å². The number of hydrogen-bond donors (Lipinski definition) is 1. The first kappa shape index (κ1) is 14.6. The van der Waals surface area contributed by atoms with Crippen LogP contribution in [-0.2, 0) is 22.7 Å². The van der Waals surface area contributed by atoms with E-state index in [0.29, 0.717) is 12.0 Å². The summed E-state index contributed by atoms with van der Waals surface area (Å²) < 4.78 is 23.2. The van der Waals surface area contributed by atoms with E-state index >= 15 is 0 Å². The molecule has 1 aliphatic heterocycles. The molecule has 0 unspecified atom stereocenters. The molecule has 2 aliphatic rings. The van der Waals surface area contributed by atoms with Gasteiger partial charge in [-0.05, 0) is 62.3 Å². The molecule has 1 aromatic rings. The van der Waals surface area contributed by atoms with Crippen molar-refractivity contribution in [2.24, 2.45) is 0 Å². The van der Waals surface area contributed by atoms with Crippen LogP contribution in [0.25, 0.3) is 0 Å². The van der Waals surface area contributed by atoms with Crippen LogP contribution in [-0.4, -0.2) is 31.4 Å². The van der Waals surface area contributed by atoms with E-state index in [2.05, 4.69) is 5.32 Å². The lowest BCUT2D eigenvalue weighted by Gasteiger charge is -2.24. The first-order valence-electron chi connectivity index (χ1n) is 7.52. The summed E-state index contributed by atoms with van der Waals surface area (Å²) in [5.41, 5.74) is 2.61. The molecule has 21 heavy (non-hydrogen) atoms. The van der Waals surface area contributed by atoms with Gasteiger partial charge in [0.2, 0.25) is 0 Å². The average Bonchev–Trinajstić information content (AvgIpc) is 2.71. The molecule has 5 heteroatoms. The van der Waals surface area contributed by atoms with Crippen molar-refractivity contribution >= 4 is 15.7 Å². The number of sulfone groups is 1. The van der Waals surface area contributed by atoms with Gasteiger partial charge >= 0.3 is 0 Å². The first-order chi connectivity index (χ1) is 9.87. The summed E-state index contributed by atoms with van der Waals surface area (Å²) in [6, 6.07) is 5.86. The fourth-order valence-electron chi connectivity index (χ4n) is 3.33. The Morgan fingerprint density at radius 3 is 2.57 bits per heavy atom. The van der Waals surface area contributed by atoms with E-state index in [1.54, 1.807) is 0 Å². The van der Waals surface area contributed by atoms with E-state index in [1.807, 2.05) is 25.1 Å². The Kier molecular flexibility index (Phi) is 3.56. The molecule has 1 atom stereocenters. The van der Waals surface area contributed by atoms with Gasteiger partial charge in [-0.1, -0.05) is 6.07 Å². The summed E-state index contributed by atoms with van der Waals surface area (Å²) in [6.07, 6.45) is 5.00. The molecule has 0 saturated carbocycles. The lowest BCUT2D eigenvalue weighted by molar-refractivity contribution is 0.0915. The maximum Gasteiger partial charge on any atom is 0.251 e. The minimum atomic E-state index is -3.01. The van der Waals surface area contributed by atoms with Crippen molar-refractivity contribution in [3.63, 3.8) is 0 Å². The van der Waals surface area contributed by atoms with Gasteiger partial charge in [-0.3, -0.25) is 4.79 Å². The zero-order valence-corrected chi connectivity index (χ0v) is 13.1. The van der Waals surface area contributed by atoms with Gasteiger partial charge in [-0.15, -0.1) is 0 Å². The van der Waals surface area contributed by atoms with Gasteiger partial charge in [-0.25, -0.2) is 8.42 Å². The summed E-state index contributed by atoms with van der Waals surface area (Å²) in [6.45, 7) is 1.81. The number of hydrogen-bond acceptors (Lipinski definition) is 3. The van der Waals surface area contributed by atoms with Crippen LogP contribution in [0.5, 0.6) is 0 Å². The molecule has 4 nitrogen and oxygen atoms in total. The van der Waals surface area contributed by atoms with Crippen LogP contribution in [0.3, 0.4) is 0 Å². The second kappa shape index (κ2) is 5.13. The predicted octanol–water partition coefficient (Wildman–Crippen LogP) is 1.87. The average molecular weight is 307 g/mol. The van der Waals surface area contributed by atoms with Gasteiger partial charge in [-0.2, -0.15) is 0 Å². The Balaban J connectivity index is 1.77. The largest absolute Gasteiger partial charge is 0.346 e. The molecule has 3 rings (SSSR count). The molecule has 1 aromatic carbocycles. The molecular formula is C16H21NO3S. The number of nitrogens with one attached hydrogen (secondary N) is 1. The number of fused-ring (bicyclic) bond motifs is 1. The quantitative estimate of drug-likeness (QED) is 0.907. The molecule has 0 spiro atoms. The third-order valence-corrected chi connectivity index (χ3v) is 6.43. The van der Waals surface area contributed by atoms with Crippen molar-refractivity contribution in [2.45, 2.75) is 44.6 Å². The lowest BCUT2D eigenvalue weighted by atomic mass is 9.90. The molecule has 1 N–H and O–H groups in total. The minimum absolute atomic E-state index is 0.0384. The van der Waals surface area contributed by atoms with Crippen LogP contribution in [0.2, 0.25) is 0 Å². The molecular weight excluding hydrogens is 286 g/mol. The Bertz CT molecular complexity index is 681. The van der Waals surface area contributed by atoms with Crippen molar-refractivity contribution in [3.8, 4) is 0 Å². The molecule has 0 aromatic heterocycles. The minimum Gasteiger partial charge on any atom is -0.346 e. The van der Waals surface area contributed by atoms with Crippen LogP contribution in [0.15, 0.2) is 18.2 Å². The second-order valence-electron chi connectivity index (χ2n) is 6.55. The normalized spacial score (nSPS) is 27.1. The zero-order valence-electron chi connectivity index (χ0n) is 12.3. The van der Waals surface area contributed by atoms with Crippen LogP contribution in [0, 0.1) is 0 Å². The summed E-state index contributed by atoms with van der Waals surface area (Å²) in [7, 11) is -3.01. The van der Waals surface area contributed by atoms with Crippen LogP contribution in [0.1, 0.15) is 47.7 Å². The maximum atomic E-state index is 12.4. The van der Waals surface area contributed by atoms with E-state index in [-0.39, 0.29) is 17.4 Å². The van der Waals surface area contributed by atoms with Gasteiger partial charge in [0.25, 0.3) is 5.91 Å². The maximum absolute atomic E-state index is 12.4. The SMILES string of the molecule is C[C@@]1(NC(=O)c2ccc3c(c2)CCCC3)CCS(=O)(=O)C1. The fraction of sp³-hybridized carbons (Fsp3) is 0.562. The standard InChI is InChI=1S/C16H21NO3S/c1-16(8-9-21(19,20)11-16)17-15(18)14-7-6-12-4-2-3-5-13(12)10-14/h6-7,10H,2-5,8-9,11H2,1H3,(H,17,18)/t16-/m1/s1. The molecule has 1 aliphatic carbocycles. The molecule has 114 valence electrons. The first-order valence-corrected chi connectivity index (χ1v) is 9.34. The van der Waals surface area contributed by atoms with Crippen LogP contribution >= 0.6 is 0 Å². The molecule has 0 radical (unpaired) electrons. The van der Waals surface area contributed by atoms with Crippen molar-refractivity contribution < 1.29 is 13.2 Å². The predicted molar refractivity (Wildman–Crippen MR) is 82.2 cm³/mol. The van der Waals surface area contributed by atoms with E-state index in [1.165, 1.54) is 24.0 Å². The van der Waals surface area contributed by atoms with Crippen molar-refractivity contribution in [1.82, 2.24) is 5.32 Å². The van der Waals surface area contributed by atoms with E-state index < -0.39 is 15.4 Å². The third kappa shape index (κ3) is 3.12. The number of carbonyl (C=O) groups excluding carboxylic acids is 1. The Morgan fingerprint density at radius 2 is 1.90 bits per heavy atom. The molecule has 0 bridgehead atoms. The topological polar surface area (TPSA) is 63.2 Å². The number of aryl methyl sites for hydroxylation is 2. The van der Waals surface area contributed by atoms with Crippen molar-refractivity contribution in [2.75, 3.05) is 11.5 Å². The van der Waals surface area contributed by atoms with Crippen LogP contribution < -0.4 is 5.32 Å². The monoisotopic (exact) mass is 307 g/mol. The number of amides is 1. The summed E-state index contributed by atoms with van der Waals surface area (Å²) in [4.78, 5) is 12.4. The highest BCUT2D eigenvalue weighted by Crippen LogP contribution is 2.25. The van der Waals surface area contributed by atoms with Crippen molar-refractivity contribution in [1.29, 1.82) is 0 Å². The smallest absolute Gasteiger partial charge is 0.251 e. The summed E-state index contributed by atoms with van der Waals surface area (Å²) in [5.74, 6) is 0.0351. The second-order valence-corrected chi connectivity index (χ2v) is 8.73. The van der Waals surface area contributed by atoms with Gasteiger partial charge in [0.15, 0.2) is 9.84 Å². The Morgan fingerprint density at radius 1 is 1.19 bits per heavy atom. The molecule has 1 amide bonds. The van der Waals surface area contributed by atoms with E-state index in [0.717, 1.165) is 12.8 Å². The molecule has 1 saturated heterocycles. The third-order valence-electron chi connectivity index (χ3n) is 4.53. The van der Waals surface area contributed by atoms with Crippen LogP contribution in [0.4, 0.5) is 0 Å². The molecule has 1 heterocycles. The van der Waals surface area contributed by atoms with E-state index in [4.69, 9.17) is 0 Å². The van der Waals surface area contributed by atoms with Gasteiger partial charge < -0.3 is 5.32 Å². The van der Waals surface area contributed by atoms with Gasteiger partial charge in [0, 0.05) is 5.56 Å².